The largest absolute Gasteiger partial charge is 0.369 e. The molecule has 0 amide bonds. The number of guanidine groups is 1. The summed E-state index contributed by atoms with van der Waals surface area (Å²) in [6.07, 6.45) is 7.63. The molecule has 1 aliphatic heterocycles. The van der Waals surface area contributed by atoms with Crippen LogP contribution in [0.25, 0.3) is 0 Å². The van der Waals surface area contributed by atoms with Gasteiger partial charge in [0.05, 0.1) is 0 Å². The van der Waals surface area contributed by atoms with Gasteiger partial charge in [0.25, 0.3) is 0 Å². The van der Waals surface area contributed by atoms with Gasteiger partial charge < -0.3 is 20.4 Å². The summed E-state index contributed by atoms with van der Waals surface area (Å²) in [6, 6.07) is 11.1. The number of para-hydroxylation sites is 1. The maximum absolute atomic E-state index is 4.39. The molecule has 0 aromatic heterocycles. The molecule has 1 fully saturated rings. The molecule has 0 saturated carbocycles. The van der Waals surface area contributed by atoms with Crippen molar-refractivity contribution in [2.75, 3.05) is 52.2 Å². The predicted octanol–water partition coefficient (Wildman–Crippen LogP) is 3.56. The Balaban J connectivity index is 0.00000364. The van der Waals surface area contributed by atoms with E-state index in [1.807, 2.05) is 7.05 Å². The van der Waals surface area contributed by atoms with Crippen molar-refractivity contribution >= 4 is 35.6 Å². The molecule has 1 aromatic rings. The zero-order chi connectivity index (χ0) is 18.6. The SMILES string of the molecule is CN=C(NCCCCCCCN(C)C)NC1CCN(c2ccccc2)C1.I. The first-order valence-electron chi connectivity index (χ1n) is 10.1. The molecule has 1 atom stereocenters. The van der Waals surface area contributed by atoms with Crippen LogP contribution in [-0.2, 0) is 0 Å². The van der Waals surface area contributed by atoms with E-state index >= 15 is 0 Å². The Hall–Kier alpha value is -1.02. The fourth-order valence-electron chi connectivity index (χ4n) is 3.43. The first-order valence-corrected chi connectivity index (χ1v) is 10.1. The second kappa shape index (κ2) is 14.0. The fraction of sp³-hybridized carbons (Fsp3) is 0.667. The Morgan fingerprint density at radius 3 is 2.52 bits per heavy atom. The van der Waals surface area contributed by atoms with Crippen LogP contribution in [0.5, 0.6) is 0 Å². The van der Waals surface area contributed by atoms with Gasteiger partial charge in [0.2, 0.25) is 0 Å². The average Bonchev–Trinajstić information content (AvgIpc) is 3.12. The maximum atomic E-state index is 4.39. The summed E-state index contributed by atoms with van der Waals surface area (Å²) in [7, 11) is 6.15. The molecule has 1 unspecified atom stereocenters. The number of halogens is 1. The summed E-state index contributed by atoms with van der Waals surface area (Å²) in [5.41, 5.74) is 1.31. The molecule has 0 radical (unpaired) electrons. The quantitative estimate of drug-likeness (QED) is 0.229. The molecule has 1 aromatic carbocycles. The Bertz CT molecular complexity index is 521. The van der Waals surface area contributed by atoms with Gasteiger partial charge >= 0.3 is 0 Å². The van der Waals surface area contributed by atoms with Crippen LogP contribution < -0.4 is 15.5 Å². The number of rotatable bonds is 10. The van der Waals surface area contributed by atoms with E-state index < -0.39 is 0 Å². The molecule has 1 heterocycles. The Labute approximate surface area is 183 Å². The molecular formula is C21H38IN5. The van der Waals surface area contributed by atoms with Crippen molar-refractivity contribution in [1.82, 2.24) is 15.5 Å². The summed E-state index contributed by atoms with van der Waals surface area (Å²) >= 11 is 0. The highest BCUT2D eigenvalue weighted by Gasteiger charge is 2.23. The van der Waals surface area contributed by atoms with Crippen molar-refractivity contribution in [1.29, 1.82) is 0 Å². The normalized spacial score (nSPS) is 17.1. The van der Waals surface area contributed by atoms with E-state index in [4.69, 9.17) is 0 Å². The van der Waals surface area contributed by atoms with Crippen LogP contribution in [0, 0.1) is 0 Å². The summed E-state index contributed by atoms with van der Waals surface area (Å²) in [5, 5.41) is 7.05. The van der Waals surface area contributed by atoms with Crippen LogP contribution in [0.3, 0.4) is 0 Å². The van der Waals surface area contributed by atoms with E-state index in [1.54, 1.807) is 0 Å². The summed E-state index contributed by atoms with van der Waals surface area (Å²) in [6.45, 7) is 4.35. The molecule has 2 N–H and O–H groups in total. The molecule has 2 rings (SSSR count). The summed E-state index contributed by atoms with van der Waals surface area (Å²) in [4.78, 5) is 9.09. The lowest BCUT2D eigenvalue weighted by Crippen LogP contribution is -2.44. The van der Waals surface area contributed by atoms with Crippen molar-refractivity contribution in [2.45, 2.75) is 44.6 Å². The van der Waals surface area contributed by atoms with Crippen LogP contribution >= 0.6 is 24.0 Å². The van der Waals surface area contributed by atoms with Gasteiger partial charge in [-0.25, -0.2) is 0 Å². The Kier molecular flexibility index (Phi) is 12.5. The van der Waals surface area contributed by atoms with Crippen LogP contribution in [0.15, 0.2) is 35.3 Å². The standard InChI is InChI=1S/C21H37N5.HI/c1-22-21(23-15-10-5-4-6-11-16-25(2)3)24-19-14-17-26(18-19)20-12-8-7-9-13-20;/h7-9,12-13,19H,4-6,10-11,14-18H2,1-3H3,(H2,22,23,24);1H. The first kappa shape index (κ1) is 24.0. The van der Waals surface area contributed by atoms with E-state index in [0.29, 0.717) is 6.04 Å². The molecule has 0 aliphatic carbocycles. The number of unbranched alkanes of at least 4 members (excludes halogenated alkanes) is 4. The molecule has 1 aliphatic rings. The number of hydrogen-bond donors (Lipinski definition) is 2. The second-order valence-electron chi connectivity index (χ2n) is 7.48. The van der Waals surface area contributed by atoms with Crippen molar-refractivity contribution < 1.29 is 0 Å². The van der Waals surface area contributed by atoms with Gasteiger partial charge in [-0.1, -0.05) is 37.5 Å². The molecule has 5 nitrogen and oxygen atoms in total. The number of hydrogen-bond acceptors (Lipinski definition) is 3. The summed E-state index contributed by atoms with van der Waals surface area (Å²) < 4.78 is 0. The van der Waals surface area contributed by atoms with Crippen molar-refractivity contribution in [2.24, 2.45) is 4.99 Å². The zero-order valence-corrected chi connectivity index (χ0v) is 19.6. The molecule has 0 bridgehead atoms. The van der Waals surface area contributed by atoms with E-state index in [9.17, 15) is 0 Å². The highest BCUT2D eigenvalue weighted by molar-refractivity contribution is 14.0. The minimum atomic E-state index is 0. The van der Waals surface area contributed by atoms with E-state index in [1.165, 1.54) is 44.3 Å². The van der Waals surface area contributed by atoms with Crippen LogP contribution in [0.2, 0.25) is 0 Å². The van der Waals surface area contributed by atoms with Crippen molar-refractivity contribution in [3.63, 3.8) is 0 Å². The fourth-order valence-corrected chi connectivity index (χ4v) is 3.43. The topological polar surface area (TPSA) is 42.9 Å². The summed E-state index contributed by atoms with van der Waals surface area (Å²) in [5.74, 6) is 0.942. The van der Waals surface area contributed by atoms with Crippen molar-refractivity contribution in [3.05, 3.63) is 30.3 Å². The molecule has 154 valence electrons. The van der Waals surface area contributed by atoms with Crippen LogP contribution in [0.4, 0.5) is 5.69 Å². The third kappa shape index (κ3) is 9.65. The molecular weight excluding hydrogens is 449 g/mol. The predicted molar refractivity (Wildman–Crippen MR) is 129 cm³/mol. The lowest BCUT2D eigenvalue weighted by molar-refractivity contribution is 0.389. The van der Waals surface area contributed by atoms with Gasteiger partial charge in [-0.05, 0) is 52.0 Å². The van der Waals surface area contributed by atoms with Gasteiger partial charge in [0.1, 0.15) is 0 Å². The van der Waals surface area contributed by atoms with Gasteiger partial charge in [-0.2, -0.15) is 0 Å². The highest BCUT2D eigenvalue weighted by atomic mass is 127. The Morgan fingerprint density at radius 2 is 1.81 bits per heavy atom. The van der Waals surface area contributed by atoms with Gasteiger partial charge in [0, 0.05) is 38.4 Å². The molecule has 6 heteroatoms. The third-order valence-electron chi connectivity index (χ3n) is 4.95. The minimum Gasteiger partial charge on any atom is -0.369 e. The number of nitrogens with zero attached hydrogens (tertiary/aromatic N) is 3. The zero-order valence-electron chi connectivity index (χ0n) is 17.3. The monoisotopic (exact) mass is 487 g/mol. The van der Waals surface area contributed by atoms with Gasteiger partial charge in [-0.3, -0.25) is 4.99 Å². The third-order valence-corrected chi connectivity index (χ3v) is 4.95. The average molecular weight is 487 g/mol. The van der Waals surface area contributed by atoms with Gasteiger partial charge in [0.15, 0.2) is 5.96 Å². The van der Waals surface area contributed by atoms with Gasteiger partial charge in [-0.15, -0.1) is 24.0 Å². The van der Waals surface area contributed by atoms with Crippen molar-refractivity contribution in [3.8, 4) is 0 Å². The molecule has 0 spiro atoms. The molecule has 27 heavy (non-hydrogen) atoms. The smallest absolute Gasteiger partial charge is 0.191 e. The molecule has 1 saturated heterocycles. The maximum Gasteiger partial charge on any atom is 0.191 e. The van der Waals surface area contributed by atoms with E-state index in [2.05, 4.69) is 69.9 Å². The van der Waals surface area contributed by atoms with E-state index in [-0.39, 0.29) is 24.0 Å². The lowest BCUT2D eigenvalue weighted by Gasteiger charge is -2.20. The number of benzene rings is 1. The second-order valence-corrected chi connectivity index (χ2v) is 7.48. The Morgan fingerprint density at radius 1 is 1.11 bits per heavy atom. The van der Waals surface area contributed by atoms with E-state index in [0.717, 1.165) is 32.0 Å². The lowest BCUT2D eigenvalue weighted by atomic mass is 10.1. The number of aliphatic imine (C=N–C) groups is 1. The van der Waals surface area contributed by atoms with Crippen LogP contribution in [0.1, 0.15) is 38.5 Å². The number of nitrogens with one attached hydrogen (secondary N) is 2. The highest BCUT2D eigenvalue weighted by Crippen LogP contribution is 2.19. The number of anilines is 1. The van der Waals surface area contributed by atoms with Crippen LogP contribution in [-0.4, -0.2) is 64.2 Å². The first-order chi connectivity index (χ1) is 12.7. The minimum absolute atomic E-state index is 0.